The summed E-state index contributed by atoms with van der Waals surface area (Å²) in [5.74, 6) is 0. The van der Waals surface area contributed by atoms with E-state index in [4.69, 9.17) is 26.3 Å². The molecule has 1 nitrogen and oxygen atoms in total. The number of hydrogen-bond donors (Lipinski definition) is 0. The summed E-state index contributed by atoms with van der Waals surface area (Å²) < 4.78 is 200. The van der Waals surface area contributed by atoms with Gasteiger partial charge in [0.15, 0.2) is 0 Å². The highest BCUT2D eigenvalue weighted by Gasteiger charge is 2.18. The summed E-state index contributed by atoms with van der Waals surface area (Å²) in [5, 5.41) is -1.76. The predicted molar refractivity (Wildman–Crippen MR) is 183 cm³/mol. The summed E-state index contributed by atoms with van der Waals surface area (Å²) in [6.07, 6.45) is 0. The van der Waals surface area contributed by atoms with Crippen LogP contribution >= 0.6 is 0 Å². The van der Waals surface area contributed by atoms with Crippen LogP contribution in [-0.2, 0) is 0 Å². The van der Waals surface area contributed by atoms with Crippen LogP contribution in [-0.4, -0.2) is 0 Å². The second-order valence-corrected chi connectivity index (χ2v) is 9.57. The molecule has 8 aromatic carbocycles. The SMILES string of the molecule is [2H]c1cc2c(-c3c([2H])c([2H])c([2H])c(-c4c([2H])c([2H])c5c([2H])c([2H])c([2H])c([2H])c5c4[2H])c3[2H])c3cc([2H])c([2H])cc3c(-c3c([2H])c([2H])c4c(oc5c([2H])c([2H])c([2H])c([2H])c54)c3[2H])c2cc1[2H]. The largest absolute Gasteiger partial charge is 0.456 e. The van der Waals surface area contributed by atoms with Gasteiger partial charge in [-0.15, -0.1) is 0 Å². The number of hydrogen-bond acceptors (Lipinski definition) is 1. The van der Waals surface area contributed by atoms with Gasteiger partial charge in [0.05, 0.1) is 30.2 Å². The maximum Gasteiger partial charge on any atom is 0.136 e. The first-order valence-electron chi connectivity index (χ1n) is 24.0. The van der Waals surface area contributed by atoms with Crippen molar-refractivity contribution >= 4 is 54.3 Å². The maximum absolute atomic E-state index is 9.68. The number of fused-ring (bicyclic) bond motifs is 6. The van der Waals surface area contributed by atoms with Gasteiger partial charge in [-0.1, -0.05) is 127 Å². The van der Waals surface area contributed by atoms with Gasteiger partial charge in [-0.3, -0.25) is 0 Å². The molecule has 0 saturated heterocycles. The number of para-hydroxylation sites is 1. The minimum Gasteiger partial charge on any atom is -0.456 e. The molecule has 200 valence electrons. The molecule has 1 heterocycles. The zero-order valence-corrected chi connectivity index (χ0v) is 21.7. The van der Waals surface area contributed by atoms with Crippen molar-refractivity contribution in [2.24, 2.45) is 0 Å². The van der Waals surface area contributed by atoms with E-state index >= 15 is 0 Å². The Morgan fingerprint density at radius 3 is 1.65 bits per heavy atom. The fourth-order valence-electron chi connectivity index (χ4n) is 5.34. The maximum atomic E-state index is 9.68. The average molecular weight is 569 g/mol. The summed E-state index contributed by atoms with van der Waals surface area (Å²) in [6, 6.07) is -9.87. The third-order valence-corrected chi connectivity index (χ3v) is 7.20. The highest BCUT2D eigenvalue weighted by molar-refractivity contribution is 6.22. The minimum atomic E-state index is -0.853. The lowest BCUT2D eigenvalue weighted by molar-refractivity contribution is 0.669. The van der Waals surface area contributed by atoms with E-state index in [0.29, 0.717) is 0 Å². The van der Waals surface area contributed by atoms with Gasteiger partial charge in [0.25, 0.3) is 0 Å². The van der Waals surface area contributed by atoms with Crippen molar-refractivity contribution in [1.82, 2.24) is 0 Å². The molecule has 1 heteroatoms. The lowest BCUT2D eigenvalue weighted by Gasteiger charge is -2.18. The molecule has 0 spiro atoms. The van der Waals surface area contributed by atoms with Gasteiger partial charge < -0.3 is 4.42 Å². The number of benzene rings is 8. The van der Waals surface area contributed by atoms with Crippen LogP contribution in [0.4, 0.5) is 0 Å². The van der Waals surface area contributed by atoms with Crippen molar-refractivity contribution in [3.8, 4) is 33.4 Å². The number of furan rings is 1. The second-order valence-electron chi connectivity index (χ2n) is 9.57. The first-order valence-corrected chi connectivity index (χ1v) is 13.0. The van der Waals surface area contributed by atoms with Gasteiger partial charge in [0, 0.05) is 10.8 Å². The molecule has 0 bridgehead atoms. The number of rotatable bonds is 3. The normalized spacial score (nSPS) is 18.9. The molecule has 0 saturated carbocycles. The Kier molecular flexibility index (Phi) is 2.39. The fourth-order valence-corrected chi connectivity index (χ4v) is 5.34. The Labute approximate surface area is 280 Å². The highest BCUT2D eigenvalue weighted by atomic mass is 16.3. The van der Waals surface area contributed by atoms with Crippen LogP contribution in [0, 0.1) is 0 Å². The molecule has 9 rings (SSSR count). The van der Waals surface area contributed by atoms with Crippen molar-refractivity contribution < 1.29 is 34.6 Å². The van der Waals surface area contributed by atoms with E-state index in [2.05, 4.69) is 0 Å². The first kappa shape index (κ1) is 10.9. The third-order valence-electron chi connectivity index (χ3n) is 7.20. The lowest BCUT2D eigenvalue weighted by atomic mass is 9.85. The molecule has 0 aliphatic carbocycles. The lowest BCUT2D eigenvalue weighted by Crippen LogP contribution is -1.91. The van der Waals surface area contributed by atoms with Gasteiger partial charge in [0.1, 0.15) is 11.2 Å². The van der Waals surface area contributed by atoms with Crippen LogP contribution in [0.5, 0.6) is 0 Å². The summed E-state index contributed by atoms with van der Waals surface area (Å²) in [7, 11) is 0. The summed E-state index contributed by atoms with van der Waals surface area (Å²) >= 11 is 0. The van der Waals surface area contributed by atoms with E-state index in [-0.39, 0.29) is 54.6 Å². The Bertz CT molecular complexity index is 3670. The van der Waals surface area contributed by atoms with Crippen molar-refractivity contribution in [2.75, 3.05) is 0 Å². The average Bonchev–Trinajstić information content (AvgIpc) is 3.68. The van der Waals surface area contributed by atoms with Crippen molar-refractivity contribution in [2.45, 2.75) is 0 Å². The molecule has 0 aliphatic heterocycles. The zero-order valence-electron chi connectivity index (χ0n) is 43.7. The van der Waals surface area contributed by atoms with E-state index in [1.54, 1.807) is 0 Å². The van der Waals surface area contributed by atoms with Gasteiger partial charge >= 0.3 is 0 Å². The Balaban J connectivity index is 1.49. The Morgan fingerprint density at radius 2 is 0.907 bits per heavy atom. The summed E-state index contributed by atoms with van der Waals surface area (Å²) in [5.41, 5.74) is -3.18. The van der Waals surface area contributed by atoms with Crippen LogP contribution in [0.3, 0.4) is 0 Å². The third kappa shape index (κ3) is 3.79. The van der Waals surface area contributed by atoms with E-state index in [1.165, 1.54) is 12.1 Å². The molecule has 1 aromatic heterocycles. The van der Waals surface area contributed by atoms with Crippen molar-refractivity contribution in [3.05, 3.63) is 157 Å². The molecule has 0 unspecified atom stereocenters. The second kappa shape index (κ2) is 9.44. The van der Waals surface area contributed by atoms with Crippen molar-refractivity contribution in [1.29, 1.82) is 0 Å². The smallest absolute Gasteiger partial charge is 0.136 e. The zero-order chi connectivity index (χ0) is 47.5. The molecule has 0 N–H and O–H groups in total. The van der Waals surface area contributed by atoms with Gasteiger partial charge in [-0.05, 0) is 95.9 Å². The molecule has 0 fully saturated rings. The van der Waals surface area contributed by atoms with Gasteiger partial charge in [-0.25, -0.2) is 0 Å². The van der Waals surface area contributed by atoms with Crippen LogP contribution in [0.1, 0.15) is 30.2 Å². The van der Waals surface area contributed by atoms with E-state index < -0.39 is 166 Å². The van der Waals surface area contributed by atoms with E-state index in [0.717, 1.165) is 12.1 Å². The van der Waals surface area contributed by atoms with Crippen LogP contribution in [0.15, 0.2) is 162 Å². The predicted octanol–water partition coefficient (Wildman–Crippen LogP) is 12.0. The highest BCUT2D eigenvalue weighted by Crippen LogP contribution is 2.45. The molecule has 0 amide bonds. The standard InChI is InChI=1S/C42H26O/c1-2-11-28-24-30(21-20-27(28)10-1)29-12-9-13-31(25-29)41-35-15-3-5-17-37(35)42(38-18-6-4-16-36(38)41)32-22-23-34-33-14-7-8-19-39(33)43-40(34)26-32/h1-26H/i1D,2D,3D,4D,5D,6D,7D,8D,9D,10D,11D,12D,13D,14D,19D,20D,21D,22D,23D,24D,25D,26D. The Morgan fingerprint density at radius 1 is 0.349 bits per heavy atom. The quantitative estimate of drug-likeness (QED) is 0.193. The monoisotopic (exact) mass is 568 g/mol. The molecule has 0 atom stereocenters. The molecule has 9 aromatic rings. The van der Waals surface area contributed by atoms with Crippen LogP contribution in [0.25, 0.3) is 87.6 Å². The van der Waals surface area contributed by atoms with Crippen molar-refractivity contribution in [3.63, 3.8) is 0 Å². The summed E-state index contributed by atoms with van der Waals surface area (Å²) in [6.45, 7) is 0. The van der Waals surface area contributed by atoms with Crippen LogP contribution in [0.2, 0.25) is 0 Å². The van der Waals surface area contributed by atoms with Gasteiger partial charge in [0.2, 0.25) is 0 Å². The summed E-state index contributed by atoms with van der Waals surface area (Å²) in [4.78, 5) is 0. The van der Waals surface area contributed by atoms with E-state index in [1.807, 2.05) is 0 Å². The first-order chi connectivity index (χ1) is 30.5. The molecule has 0 radical (unpaired) electrons. The minimum absolute atomic E-state index is 0.0638. The molecular formula is C42H26O. The Hall–Kier alpha value is -5.66. The van der Waals surface area contributed by atoms with Gasteiger partial charge in [-0.2, -0.15) is 0 Å². The topological polar surface area (TPSA) is 13.1 Å². The molecular weight excluding hydrogens is 520 g/mol. The van der Waals surface area contributed by atoms with E-state index in [9.17, 15) is 8.22 Å². The fraction of sp³-hybridized carbons (Fsp3) is 0. The molecule has 43 heavy (non-hydrogen) atoms. The molecule has 0 aliphatic rings. The van der Waals surface area contributed by atoms with Crippen LogP contribution < -0.4 is 0 Å².